The van der Waals surface area contributed by atoms with Gasteiger partial charge in [-0.25, -0.2) is 4.39 Å². The first-order chi connectivity index (χ1) is 8.99. The van der Waals surface area contributed by atoms with Crippen LogP contribution in [0.4, 0.5) is 21.5 Å². The molecule has 4 nitrogen and oxygen atoms in total. The minimum absolute atomic E-state index is 0.00490. The van der Waals surface area contributed by atoms with E-state index in [1.165, 1.54) is 6.07 Å². The quantitative estimate of drug-likeness (QED) is 0.756. The van der Waals surface area contributed by atoms with Crippen molar-refractivity contribution >= 4 is 34.6 Å². The van der Waals surface area contributed by atoms with Crippen molar-refractivity contribution < 1.29 is 9.18 Å². The summed E-state index contributed by atoms with van der Waals surface area (Å²) in [5.74, 6) is -1.32. The maximum atomic E-state index is 13.8. The molecular weight excluding hydrogens is 269 g/mol. The Bertz CT molecular complexity index is 646. The summed E-state index contributed by atoms with van der Waals surface area (Å²) in [6.07, 6.45) is 0. The molecule has 0 saturated carbocycles. The molecule has 1 amide bonds. The van der Waals surface area contributed by atoms with Crippen molar-refractivity contribution in [3.05, 3.63) is 52.8 Å². The molecule has 2 aromatic rings. The number of nitrogen functional groups attached to an aromatic ring is 1. The summed E-state index contributed by atoms with van der Waals surface area (Å²) in [5.41, 5.74) is 11.3. The Morgan fingerprint density at radius 3 is 2.53 bits per heavy atom. The smallest absolute Gasteiger partial charge is 0.250 e. The predicted octanol–water partition coefficient (Wildman–Crippen LogP) is 2.90. The number of hydrogen-bond donors (Lipinski definition) is 3. The van der Waals surface area contributed by atoms with E-state index in [2.05, 4.69) is 5.32 Å². The molecule has 19 heavy (non-hydrogen) atoms. The van der Waals surface area contributed by atoms with E-state index in [1.807, 2.05) is 0 Å². The summed E-state index contributed by atoms with van der Waals surface area (Å²) in [5, 5.41) is 3.22. The number of carbonyl (C=O) groups excluding carboxylic acids is 1. The van der Waals surface area contributed by atoms with Crippen LogP contribution in [0.1, 0.15) is 10.4 Å². The Balaban J connectivity index is 2.43. The molecule has 0 bridgehead atoms. The zero-order chi connectivity index (χ0) is 14.0. The standard InChI is InChI=1S/C13H11ClFN3O/c14-8-3-1-2-4-11(8)18-12-5-7(13(17)19)10(16)6-9(12)15/h1-6,18H,16H2,(H2,17,19). The summed E-state index contributed by atoms with van der Waals surface area (Å²) >= 11 is 5.96. The van der Waals surface area contributed by atoms with Gasteiger partial charge >= 0.3 is 0 Å². The van der Waals surface area contributed by atoms with Crippen molar-refractivity contribution in [2.24, 2.45) is 5.73 Å². The Kier molecular flexibility index (Phi) is 3.57. The molecule has 0 unspecified atom stereocenters. The van der Waals surface area contributed by atoms with Crippen LogP contribution in [-0.2, 0) is 0 Å². The SMILES string of the molecule is NC(=O)c1cc(Nc2ccccc2Cl)c(F)cc1N. The molecule has 0 atom stereocenters. The van der Waals surface area contributed by atoms with Gasteiger partial charge in [0.25, 0.3) is 5.91 Å². The first kappa shape index (κ1) is 13.2. The average Bonchev–Trinajstić information content (AvgIpc) is 2.34. The Morgan fingerprint density at radius 1 is 1.21 bits per heavy atom. The van der Waals surface area contributed by atoms with Crippen molar-refractivity contribution in [3.63, 3.8) is 0 Å². The highest BCUT2D eigenvalue weighted by atomic mass is 35.5. The minimum Gasteiger partial charge on any atom is -0.398 e. The van der Waals surface area contributed by atoms with Gasteiger partial charge < -0.3 is 16.8 Å². The van der Waals surface area contributed by atoms with Gasteiger partial charge in [-0.1, -0.05) is 23.7 Å². The largest absolute Gasteiger partial charge is 0.398 e. The van der Waals surface area contributed by atoms with Crippen LogP contribution in [0.15, 0.2) is 36.4 Å². The fourth-order valence-corrected chi connectivity index (χ4v) is 1.79. The third-order valence-electron chi connectivity index (χ3n) is 2.55. The molecule has 0 spiro atoms. The van der Waals surface area contributed by atoms with Crippen LogP contribution in [0.2, 0.25) is 5.02 Å². The molecular formula is C13H11ClFN3O. The molecule has 0 heterocycles. The Hall–Kier alpha value is -2.27. The molecule has 2 aromatic carbocycles. The molecule has 0 saturated heterocycles. The molecule has 2 rings (SSSR count). The van der Waals surface area contributed by atoms with E-state index >= 15 is 0 Å². The summed E-state index contributed by atoms with van der Waals surface area (Å²) < 4.78 is 13.8. The number of benzene rings is 2. The topological polar surface area (TPSA) is 81.1 Å². The zero-order valence-electron chi connectivity index (χ0n) is 9.78. The van der Waals surface area contributed by atoms with Gasteiger partial charge in [-0.3, -0.25) is 4.79 Å². The van der Waals surface area contributed by atoms with Crippen LogP contribution < -0.4 is 16.8 Å². The zero-order valence-corrected chi connectivity index (χ0v) is 10.5. The lowest BCUT2D eigenvalue weighted by Gasteiger charge is -2.11. The lowest BCUT2D eigenvalue weighted by molar-refractivity contribution is 0.100. The molecule has 0 aliphatic rings. The fraction of sp³-hybridized carbons (Fsp3) is 0. The highest BCUT2D eigenvalue weighted by Gasteiger charge is 2.12. The fourth-order valence-electron chi connectivity index (χ4n) is 1.61. The first-order valence-corrected chi connectivity index (χ1v) is 5.77. The van der Waals surface area contributed by atoms with Gasteiger partial charge in [0.05, 0.1) is 22.0 Å². The molecule has 0 aromatic heterocycles. The second-order valence-corrected chi connectivity index (χ2v) is 4.30. The number of anilines is 3. The van der Waals surface area contributed by atoms with E-state index in [0.29, 0.717) is 10.7 Å². The Labute approximate surface area is 114 Å². The number of primary amides is 1. The molecule has 0 aliphatic heterocycles. The van der Waals surface area contributed by atoms with Crippen molar-refractivity contribution in [2.45, 2.75) is 0 Å². The maximum absolute atomic E-state index is 13.8. The number of rotatable bonds is 3. The lowest BCUT2D eigenvalue weighted by Crippen LogP contribution is -2.14. The molecule has 98 valence electrons. The van der Waals surface area contributed by atoms with E-state index in [4.69, 9.17) is 23.1 Å². The molecule has 5 N–H and O–H groups in total. The summed E-state index contributed by atoms with van der Waals surface area (Å²) in [4.78, 5) is 11.2. The summed E-state index contributed by atoms with van der Waals surface area (Å²) in [7, 11) is 0. The highest BCUT2D eigenvalue weighted by Crippen LogP contribution is 2.28. The first-order valence-electron chi connectivity index (χ1n) is 5.39. The third-order valence-corrected chi connectivity index (χ3v) is 2.88. The van der Waals surface area contributed by atoms with Crippen LogP contribution in [0.5, 0.6) is 0 Å². The van der Waals surface area contributed by atoms with Gasteiger partial charge in [0.15, 0.2) is 0 Å². The number of nitrogens with one attached hydrogen (secondary N) is 1. The van der Waals surface area contributed by atoms with Gasteiger partial charge in [0.1, 0.15) is 5.82 Å². The number of amides is 1. The van der Waals surface area contributed by atoms with E-state index in [1.54, 1.807) is 24.3 Å². The maximum Gasteiger partial charge on any atom is 0.250 e. The van der Waals surface area contributed by atoms with E-state index in [9.17, 15) is 9.18 Å². The predicted molar refractivity (Wildman–Crippen MR) is 74.1 cm³/mol. The molecule has 6 heteroatoms. The number of hydrogen-bond acceptors (Lipinski definition) is 3. The van der Waals surface area contributed by atoms with Gasteiger partial charge in [0.2, 0.25) is 0 Å². The lowest BCUT2D eigenvalue weighted by atomic mass is 10.1. The monoisotopic (exact) mass is 279 g/mol. The molecule has 0 radical (unpaired) electrons. The van der Waals surface area contributed by atoms with Gasteiger partial charge in [0, 0.05) is 5.69 Å². The third kappa shape index (κ3) is 2.77. The normalized spacial score (nSPS) is 10.2. The van der Waals surface area contributed by atoms with E-state index in [0.717, 1.165) is 6.07 Å². The van der Waals surface area contributed by atoms with Crippen molar-refractivity contribution in [3.8, 4) is 0 Å². The summed E-state index contributed by atoms with van der Waals surface area (Å²) in [6, 6.07) is 9.14. The minimum atomic E-state index is -0.722. The number of halogens is 2. The Morgan fingerprint density at radius 2 is 1.89 bits per heavy atom. The second-order valence-electron chi connectivity index (χ2n) is 3.89. The van der Waals surface area contributed by atoms with Crippen molar-refractivity contribution in [1.29, 1.82) is 0 Å². The summed E-state index contributed by atoms with van der Waals surface area (Å²) in [6.45, 7) is 0. The van der Waals surface area contributed by atoms with Crippen LogP contribution >= 0.6 is 11.6 Å². The highest BCUT2D eigenvalue weighted by molar-refractivity contribution is 6.33. The van der Waals surface area contributed by atoms with Crippen LogP contribution in [0.25, 0.3) is 0 Å². The average molecular weight is 280 g/mol. The van der Waals surface area contributed by atoms with Crippen molar-refractivity contribution in [1.82, 2.24) is 0 Å². The van der Waals surface area contributed by atoms with Crippen LogP contribution in [0, 0.1) is 5.82 Å². The van der Waals surface area contributed by atoms with Gasteiger partial charge in [-0.2, -0.15) is 0 Å². The van der Waals surface area contributed by atoms with E-state index in [-0.39, 0.29) is 16.9 Å². The number of carbonyl (C=O) groups is 1. The number of para-hydroxylation sites is 1. The van der Waals surface area contributed by atoms with E-state index < -0.39 is 11.7 Å². The van der Waals surface area contributed by atoms with Crippen LogP contribution in [0.3, 0.4) is 0 Å². The molecule has 0 fully saturated rings. The number of nitrogens with two attached hydrogens (primary N) is 2. The van der Waals surface area contributed by atoms with Crippen LogP contribution in [-0.4, -0.2) is 5.91 Å². The van der Waals surface area contributed by atoms with Gasteiger partial charge in [-0.15, -0.1) is 0 Å². The van der Waals surface area contributed by atoms with Gasteiger partial charge in [-0.05, 0) is 24.3 Å². The molecule has 0 aliphatic carbocycles. The second kappa shape index (κ2) is 5.16. The van der Waals surface area contributed by atoms with Crippen molar-refractivity contribution in [2.75, 3.05) is 11.1 Å².